The van der Waals surface area contributed by atoms with Crippen molar-refractivity contribution in [2.45, 2.75) is 19.9 Å². The van der Waals surface area contributed by atoms with E-state index in [9.17, 15) is 4.79 Å². The molecule has 3 aromatic rings. The number of carbonyl (C=O) groups is 1. The number of benzene rings is 2. The number of para-hydroxylation sites is 1. The first kappa shape index (κ1) is 20.1. The number of pyridine rings is 1. The fourth-order valence-electron chi connectivity index (χ4n) is 3.90. The first-order valence-corrected chi connectivity index (χ1v) is 10.5. The summed E-state index contributed by atoms with van der Waals surface area (Å²) < 4.78 is 0. The van der Waals surface area contributed by atoms with E-state index in [0.29, 0.717) is 6.54 Å². The zero-order valence-corrected chi connectivity index (χ0v) is 17.4. The molecule has 154 valence electrons. The number of nitrogens with zero attached hydrogens (tertiary/aromatic N) is 3. The summed E-state index contributed by atoms with van der Waals surface area (Å²) in [4.78, 5) is 21.9. The maximum absolute atomic E-state index is 13.0. The van der Waals surface area contributed by atoms with E-state index in [-0.39, 0.29) is 6.03 Å². The van der Waals surface area contributed by atoms with Gasteiger partial charge in [-0.3, -0.25) is 9.88 Å². The number of carbonyl (C=O) groups excluding carboxylic acids is 1. The molecule has 1 aliphatic heterocycles. The molecular formula is C25H28N4O. The molecule has 0 bridgehead atoms. The quantitative estimate of drug-likeness (QED) is 0.685. The van der Waals surface area contributed by atoms with Gasteiger partial charge in [-0.15, -0.1) is 0 Å². The molecule has 2 heterocycles. The third-order valence-corrected chi connectivity index (χ3v) is 5.46. The van der Waals surface area contributed by atoms with Crippen LogP contribution in [0.2, 0.25) is 0 Å². The fraction of sp³-hybridized carbons (Fsp3) is 0.280. The zero-order chi connectivity index (χ0) is 20.8. The number of amides is 2. The highest BCUT2D eigenvalue weighted by Crippen LogP contribution is 2.27. The Labute approximate surface area is 178 Å². The van der Waals surface area contributed by atoms with Crippen molar-refractivity contribution in [2.75, 3.05) is 31.5 Å². The number of nitrogens with one attached hydrogen (secondary N) is 1. The average molecular weight is 401 g/mol. The van der Waals surface area contributed by atoms with E-state index in [2.05, 4.69) is 39.5 Å². The van der Waals surface area contributed by atoms with Gasteiger partial charge in [-0.2, -0.15) is 0 Å². The number of aromatic nitrogens is 1. The predicted molar refractivity (Wildman–Crippen MR) is 121 cm³/mol. The molecule has 1 aliphatic rings. The molecule has 0 unspecified atom stereocenters. The standard InChI is InChI=1S/C25H28N4O/c1-20-9-7-12-22(26-20)19-28-15-8-16-29(18-17-28)25(30)27-24-14-6-5-13-23(24)21-10-3-2-4-11-21/h2-7,9-14H,8,15-19H2,1H3,(H,27,30). The molecular weight excluding hydrogens is 372 g/mol. The van der Waals surface area contributed by atoms with E-state index in [1.165, 1.54) is 0 Å². The molecule has 0 spiro atoms. The van der Waals surface area contributed by atoms with Crippen LogP contribution in [0, 0.1) is 6.92 Å². The van der Waals surface area contributed by atoms with Gasteiger partial charge in [0.1, 0.15) is 0 Å². The predicted octanol–water partition coefficient (Wildman–Crippen LogP) is 4.80. The first-order chi connectivity index (χ1) is 14.7. The van der Waals surface area contributed by atoms with Gasteiger partial charge in [0.25, 0.3) is 0 Å². The van der Waals surface area contributed by atoms with Gasteiger partial charge in [-0.25, -0.2) is 4.79 Å². The number of aryl methyl sites for hydroxylation is 1. The van der Waals surface area contributed by atoms with E-state index >= 15 is 0 Å². The Morgan fingerprint density at radius 3 is 2.53 bits per heavy atom. The second kappa shape index (κ2) is 9.55. The third kappa shape index (κ3) is 5.05. The van der Waals surface area contributed by atoms with Crippen LogP contribution >= 0.6 is 0 Å². The summed E-state index contributed by atoms with van der Waals surface area (Å²) >= 11 is 0. The molecule has 2 aromatic carbocycles. The lowest BCUT2D eigenvalue weighted by atomic mass is 10.0. The van der Waals surface area contributed by atoms with Crippen LogP contribution in [0.5, 0.6) is 0 Å². The lowest BCUT2D eigenvalue weighted by molar-refractivity contribution is 0.211. The van der Waals surface area contributed by atoms with Crippen LogP contribution in [0.25, 0.3) is 11.1 Å². The number of hydrogen-bond donors (Lipinski definition) is 1. The fourth-order valence-corrected chi connectivity index (χ4v) is 3.90. The molecule has 0 radical (unpaired) electrons. The topological polar surface area (TPSA) is 48.5 Å². The minimum atomic E-state index is -0.0334. The summed E-state index contributed by atoms with van der Waals surface area (Å²) in [5.41, 5.74) is 5.11. The van der Waals surface area contributed by atoms with E-state index in [1.807, 2.05) is 60.4 Å². The molecule has 2 amide bonds. The van der Waals surface area contributed by atoms with Crippen LogP contribution in [0.3, 0.4) is 0 Å². The smallest absolute Gasteiger partial charge is 0.321 e. The molecule has 1 fully saturated rings. The number of hydrogen-bond acceptors (Lipinski definition) is 3. The Balaban J connectivity index is 1.39. The normalized spacial score (nSPS) is 14.9. The summed E-state index contributed by atoms with van der Waals surface area (Å²) in [5, 5.41) is 3.13. The van der Waals surface area contributed by atoms with Crippen LogP contribution < -0.4 is 5.32 Å². The molecule has 0 atom stereocenters. The Bertz CT molecular complexity index is 989. The minimum Gasteiger partial charge on any atom is -0.323 e. The van der Waals surface area contributed by atoms with E-state index < -0.39 is 0 Å². The van der Waals surface area contributed by atoms with E-state index in [4.69, 9.17) is 0 Å². The van der Waals surface area contributed by atoms with Crippen molar-refractivity contribution in [3.8, 4) is 11.1 Å². The lowest BCUT2D eigenvalue weighted by Crippen LogP contribution is -2.38. The van der Waals surface area contributed by atoms with Crippen molar-refractivity contribution in [1.29, 1.82) is 0 Å². The first-order valence-electron chi connectivity index (χ1n) is 10.5. The maximum Gasteiger partial charge on any atom is 0.321 e. The molecule has 1 N–H and O–H groups in total. The highest BCUT2D eigenvalue weighted by atomic mass is 16.2. The van der Waals surface area contributed by atoms with Crippen molar-refractivity contribution >= 4 is 11.7 Å². The summed E-state index contributed by atoms with van der Waals surface area (Å²) in [5.74, 6) is 0. The second-order valence-corrected chi connectivity index (χ2v) is 7.73. The highest BCUT2D eigenvalue weighted by molar-refractivity contribution is 5.94. The molecule has 4 rings (SSSR count). The van der Waals surface area contributed by atoms with Gasteiger partial charge in [0.2, 0.25) is 0 Å². The Kier molecular flexibility index (Phi) is 6.40. The SMILES string of the molecule is Cc1cccc(CN2CCCN(C(=O)Nc3ccccc3-c3ccccc3)CC2)n1. The number of rotatable bonds is 4. The van der Waals surface area contributed by atoms with Gasteiger partial charge in [-0.1, -0.05) is 54.6 Å². The highest BCUT2D eigenvalue weighted by Gasteiger charge is 2.20. The van der Waals surface area contributed by atoms with Crippen molar-refractivity contribution in [3.63, 3.8) is 0 Å². The van der Waals surface area contributed by atoms with E-state index in [0.717, 1.165) is 60.8 Å². The zero-order valence-electron chi connectivity index (χ0n) is 17.4. The second-order valence-electron chi connectivity index (χ2n) is 7.73. The molecule has 0 aliphatic carbocycles. The average Bonchev–Trinajstić information content (AvgIpc) is 3.00. The molecule has 0 saturated carbocycles. The van der Waals surface area contributed by atoms with Crippen molar-refractivity contribution in [1.82, 2.24) is 14.8 Å². The lowest BCUT2D eigenvalue weighted by Gasteiger charge is -2.23. The number of anilines is 1. The number of urea groups is 1. The largest absolute Gasteiger partial charge is 0.323 e. The molecule has 1 saturated heterocycles. The van der Waals surface area contributed by atoms with Crippen LogP contribution in [0.15, 0.2) is 72.8 Å². The monoisotopic (exact) mass is 400 g/mol. The van der Waals surface area contributed by atoms with Crippen molar-refractivity contribution in [2.24, 2.45) is 0 Å². The Hall–Kier alpha value is -3.18. The molecule has 1 aromatic heterocycles. The summed E-state index contributed by atoms with van der Waals surface area (Å²) in [7, 11) is 0. The van der Waals surface area contributed by atoms with Gasteiger partial charge in [0.15, 0.2) is 0 Å². The van der Waals surface area contributed by atoms with Crippen molar-refractivity contribution in [3.05, 3.63) is 84.2 Å². The van der Waals surface area contributed by atoms with E-state index in [1.54, 1.807) is 0 Å². The summed E-state index contributed by atoms with van der Waals surface area (Å²) in [6.07, 6.45) is 0.958. The minimum absolute atomic E-state index is 0.0334. The van der Waals surface area contributed by atoms with Crippen LogP contribution in [0.4, 0.5) is 10.5 Å². The van der Waals surface area contributed by atoms with Gasteiger partial charge in [0.05, 0.1) is 11.4 Å². The third-order valence-electron chi connectivity index (χ3n) is 5.46. The maximum atomic E-state index is 13.0. The summed E-state index contributed by atoms with van der Waals surface area (Å²) in [6, 6.07) is 24.2. The molecule has 30 heavy (non-hydrogen) atoms. The Morgan fingerprint density at radius 2 is 1.70 bits per heavy atom. The van der Waals surface area contributed by atoms with Gasteiger partial charge in [-0.05, 0) is 37.1 Å². The Morgan fingerprint density at radius 1 is 0.900 bits per heavy atom. The van der Waals surface area contributed by atoms with Crippen LogP contribution in [0.1, 0.15) is 17.8 Å². The van der Waals surface area contributed by atoms with Crippen LogP contribution in [-0.4, -0.2) is 47.0 Å². The van der Waals surface area contributed by atoms with Gasteiger partial charge < -0.3 is 10.2 Å². The van der Waals surface area contributed by atoms with Gasteiger partial charge in [0, 0.05) is 44.0 Å². The van der Waals surface area contributed by atoms with Crippen LogP contribution in [-0.2, 0) is 6.54 Å². The summed E-state index contributed by atoms with van der Waals surface area (Å²) in [6.45, 7) is 6.14. The molecule has 5 nitrogen and oxygen atoms in total. The van der Waals surface area contributed by atoms with Gasteiger partial charge >= 0.3 is 6.03 Å². The van der Waals surface area contributed by atoms with Crippen molar-refractivity contribution < 1.29 is 4.79 Å². The molecule has 5 heteroatoms.